The first kappa shape index (κ1) is 88.2. The van der Waals surface area contributed by atoms with Crippen molar-refractivity contribution in [2.45, 2.75) is 59.1 Å². The summed E-state index contributed by atoms with van der Waals surface area (Å²) in [5.41, 5.74) is 2.76. The maximum absolute atomic E-state index is 13.3. The predicted molar refractivity (Wildman–Crippen MR) is 439 cm³/mol. The third kappa shape index (κ3) is 18.8. The molecule has 1 saturated heterocycles. The molecule has 2 aromatic heterocycles. The number of hydrogen-bond donors (Lipinski definition) is 5. The molecular weight excluding hydrogens is 1690 g/mol. The standard InChI is InChI=1S/C41H32ClN3O12S2.C22H18O5.C21H18ClN3O9S.H2O/c1-55-32-13-29-18(9-28(32)42)8-19(41(54)57-29)14-43-15-33(48)44-35-37(49)45-36(40(52)53)20(17-59-38(35)45)16-58-23-4-7-24(27(12-23)39(50)51)34-25-5-2-21(46)10-30(25)56-31-11-22(47)3-6-26(31)34;1-12-3-6-15(18(9-12)22(24)25)21-16-7-4-13(23)10-19(16)27-20-11-14(26-2)5-8-17(20)21;1-8-7-35-18(25-15(8)19(28)29)16(20(30)31)24-14(26)6-23-17(27)10-3-9-4-11(22)13(33-2)5-12(9)34-21(10)32;/h2-13,28,32,35,38,43,46H,14-17H2,1H3,(H,44,48)(H,50,51)(H,52,53);3-8,10-11,18H,9H2,1-2H3,(H,24,25);3-5,16,18H,1,6-7H2,2H3,(H,23,27)(H,24,26)(H,28,29)(H,30,31);1H2/p-5. The second-order valence-corrected chi connectivity index (χ2v) is 31.7. The van der Waals surface area contributed by atoms with Gasteiger partial charge in [0.25, 0.3) is 11.8 Å². The summed E-state index contributed by atoms with van der Waals surface area (Å²) in [6.07, 6.45) is 7.00. The molecule has 0 spiro atoms. The highest BCUT2D eigenvalue weighted by Gasteiger charge is 2.53. The third-order valence-corrected chi connectivity index (χ3v) is 24.0. The molecule has 15 rings (SSSR count). The number of halogens is 2. The number of carboxylic acid groups (broad SMARTS) is 5. The smallest absolute Gasteiger partial charge is 0.349 e. The largest absolute Gasteiger partial charge is 0.872 e. The number of carbonyl (C=O) groups excluding carboxylic acids is 8. The van der Waals surface area contributed by atoms with Gasteiger partial charge in [-0.3, -0.25) is 38.7 Å². The van der Waals surface area contributed by atoms with Crippen LogP contribution in [0.1, 0.15) is 45.2 Å². The number of carboxylic acids is 5. The maximum atomic E-state index is 13.3. The van der Waals surface area contributed by atoms with E-state index >= 15 is 0 Å². The number of nitrogens with zero attached hydrogens (tertiary/aromatic N) is 2. The average Bonchev–Trinajstić information content (AvgIpc) is 0.736. The lowest BCUT2D eigenvalue weighted by Crippen LogP contribution is -2.71. The van der Waals surface area contributed by atoms with E-state index < -0.39 is 123 Å². The molecule has 33 nitrogen and oxygen atoms in total. The van der Waals surface area contributed by atoms with Crippen LogP contribution >= 0.6 is 58.5 Å². The minimum Gasteiger partial charge on any atom is -0.872 e. The molecule has 4 aliphatic carbocycles. The molecule has 7 heterocycles. The molecule has 7 N–H and O–H groups in total. The van der Waals surface area contributed by atoms with E-state index in [1.807, 2.05) is 25.1 Å². The molecule has 7 atom stereocenters. The third-order valence-electron chi connectivity index (χ3n) is 19.7. The Morgan fingerprint density at radius 1 is 0.721 bits per heavy atom. The van der Waals surface area contributed by atoms with Gasteiger partial charge in [0.2, 0.25) is 11.8 Å². The van der Waals surface area contributed by atoms with Crippen molar-refractivity contribution in [1.82, 2.24) is 26.2 Å². The van der Waals surface area contributed by atoms with Crippen LogP contribution in [0.3, 0.4) is 0 Å². The molecule has 7 unspecified atom stereocenters. The van der Waals surface area contributed by atoms with E-state index in [1.54, 1.807) is 55.7 Å². The van der Waals surface area contributed by atoms with E-state index in [9.17, 15) is 93.0 Å². The highest BCUT2D eigenvalue weighted by Crippen LogP contribution is 2.47. The van der Waals surface area contributed by atoms with Gasteiger partial charge in [0.1, 0.15) is 73.6 Å². The molecule has 1 fully saturated rings. The van der Waals surface area contributed by atoms with Gasteiger partial charge in [0, 0.05) is 116 Å². The molecule has 38 heteroatoms. The van der Waals surface area contributed by atoms with Gasteiger partial charge >= 0.3 is 17.2 Å². The van der Waals surface area contributed by atoms with Crippen LogP contribution in [-0.4, -0.2) is 161 Å². The van der Waals surface area contributed by atoms with Crippen molar-refractivity contribution in [2.24, 2.45) is 10.9 Å². The number of β-lactam (4-membered cyclic amide) rings is 1. The Bertz CT molecular complexity index is 6510. The second-order valence-electron chi connectivity index (χ2n) is 27.5. The summed E-state index contributed by atoms with van der Waals surface area (Å²) < 4.78 is 37.9. The predicted octanol–water partition coefficient (Wildman–Crippen LogP) is 1.19. The molecule has 122 heavy (non-hydrogen) atoms. The number of aliphatic carboxylic acids is 4. The van der Waals surface area contributed by atoms with Crippen molar-refractivity contribution < 1.29 is 111 Å². The number of carbonyl (C=O) groups is 9. The number of thioether (sulfide) groups is 3. The first-order valence-electron chi connectivity index (χ1n) is 36.2. The summed E-state index contributed by atoms with van der Waals surface area (Å²) in [7, 11) is 4.43. The fourth-order valence-electron chi connectivity index (χ4n) is 13.9. The van der Waals surface area contributed by atoms with E-state index in [-0.39, 0.29) is 103 Å². The molecule has 6 aromatic rings. The van der Waals surface area contributed by atoms with Crippen LogP contribution in [0.15, 0.2) is 203 Å². The monoisotopic (exact) mass is 1760 g/mol. The zero-order valence-electron chi connectivity index (χ0n) is 64.0. The summed E-state index contributed by atoms with van der Waals surface area (Å²) in [5.74, 6) is -9.75. The van der Waals surface area contributed by atoms with Crippen LogP contribution in [-0.2, 0) is 44.8 Å². The number of methoxy groups -OCH3 is 3. The summed E-state index contributed by atoms with van der Waals surface area (Å²) >= 11 is 15.7. The number of nitrogens with one attached hydrogen (secondary N) is 4. The Balaban J connectivity index is 0.000000183. The van der Waals surface area contributed by atoms with E-state index in [0.29, 0.717) is 83.2 Å². The highest BCUT2D eigenvalue weighted by atomic mass is 35.5. The first-order valence-corrected chi connectivity index (χ1v) is 40.1. The number of fused-ring (bicyclic) bond motifs is 7. The van der Waals surface area contributed by atoms with Gasteiger partial charge in [-0.15, -0.1) is 52.6 Å². The summed E-state index contributed by atoms with van der Waals surface area (Å²) in [5, 5.41) is 79.2. The fraction of sp³-hybridized carbons (Fsp3) is 0.214. The quantitative estimate of drug-likeness (QED) is 0.0197. The van der Waals surface area contributed by atoms with Crippen LogP contribution in [0, 0.1) is 5.92 Å². The van der Waals surface area contributed by atoms with Crippen LogP contribution in [0.4, 0.5) is 0 Å². The number of benzene rings is 6. The Morgan fingerprint density at radius 2 is 1.41 bits per heavy atom. The zero-order chi connectivity index (χ0) is 86.7. The molecule has 9 aliphatic rings. The normalized spacial score (nSPS) is 17.9. The minimum absolute atomic E-state index is 0. The van der Waals surface area contributed by atoms with Crippen LogP contribution in [0.5, 0.6) is 17.2 Å². The first-order chi connectivity index (χ1) is 57.8. The summed E-state index contributed by atoms with van der Waals surface area (Å²) in [4.78, 5) is 165. The van der Waals surface area contributed by atoms with Crippen LogP contribution in [0.2, 0.25) is 5.02 Å². The van der Waals surface area contributed by atoms with Gasteiger partial charge in [-0.25, -0.2) is 14.4 Å². The number of amides is 4. The Morgan fingerprint density at radius 3 is 2.07 bits per heavy atom. The van der Waals surface area contributed by atoms with Gasteiger partial charge in [0.05, 0.1) is 84.3 Å². The van der Waals surface area contributed by atoms with E-state index in [0.717, 1.165) is 44.9 Å². The molecular formula is C84H65Cl2N6O27S3-5. The van der Waals surface area contributed by atoms with Crippen molar-refractivity contribution in [3.8, 4) is 51.0 Å². The Labute approximate surface area is 709 Å². The lowest BCUT2D eigenvalue weighted by Gasteiger charge is -2.50. The van der Waals surface area contributed by atoms with E-state index in [1.165, 1.54) is 98.8 Å². The van der Waals surface area contributed by atoms with Crippen molar-refractivity contribution in [2.75, 3.05) is 51.7 Å². The molecule has 0 saturated carbocycles. The Kier molecular flexibility index (Phi) is 27.0. The molecule has 0 bridgehead atoms. The number of alkyl halides is 1. The second kappa shape index (κ2) is 37.3. The van der Waals surface area contributed by atoms with Gasteiger partial charge in [0.15, 0.2) is 10.9 Å². The van der Waals surface area contributed by atoms with Crippen LogP contribution in [0.25, 0.3) is 84.4 Å². The SMILES string of the molecule is C=C1CSC(C(NC(=O)CNC(=O)c2cc3cc(Cl)c(OC)cc3oc2=O)C(=O)[O-])N=C1C(=O)[O-].COC1C=c2oc(=O)c(CNCC(=O)NC3C(=O)N4C(C(=O)[O-])=C(CSc5ccc(-c6c7ccc(=O)cc-7oc7cc([O-])ccc67)c(C(=O)O)c5)CSC34)cc2=CC1Cl.COc1ccc2c(C3=CC=C(C)CC3C(=O)[O-])c3ccc(=O)cc-3oc2c1.O. The van der Waals surface area contributed by atoms with Crippen molar-refractivity contribution >= 4 is 168 Å². The fourth-order valence-corrected chi connectivity index (χ4v) is 18.0. The zero-order valence-corrected chi connectivity index (χ0v) is 68.0. The molecule has 0 radical (unpaired) electrons. The number of ether oxygens (including phenoxy) is 3. The lowest BCUT2D eigenvalue weighted by atomic mass is 9.80. The topological polar surface area (TPSA) is 533 Å². The minimum atomic E-state index is -1.72. The van der Waals surface area contributed by atoms with Crippen molar-refractivity contribution in [3.05, 3.63) is 236 Å². The molecule has 4 aromatic carbocycles. The van der Waals surface area contributed by atoms with E-state index in [2.05, 4.69) is 32.8 Å². The number of hydrogen-bond acceptors (Lipinski definition) is 30. The molecule has 630 valence electrons. The lowest BCUT2D eigenvalue weighted by molar-refractivity contribution is -0.310. The van der Waals surface area contributed by atoms with Crippen molar-refractivity contribution in [3.63, 3.8) is 0 Å². The van der Waals surface area contributed by atoms with Gasteiger partial charge in [-0.1, -0.05) is 60.2 Å². The summed E-state index contributed by atoms with van der Waals surface area (Å²) in [6, 6.07) is 25.8. The molecule has 5 aliphatic heterocycles. The number of aliphatic imine (C=N–C) groups is 1. The Hall–Kier alpha value is -13.1. The number of allylic oxidation sites excluding steroid dienone is 3. The molecule has 4 amide bonds. The average molecular weight is 1760 g/mol. The van der Waals surface area contributed by atoms with Gasteiger partial charge in [-0.05, 0) is 114 Å². The number of aromatic carboxylic acids is 1. The van der Waals surface area contributed by atoms with Crippen LogP contribution < -0.4 is 89.0 Å². The maximum Gasteiger partial charge on any atom is 0.349 e. The highest BCUT2D eigenvalue weighted by molar-refractivity contribution is 8.01. The van der Waals surface area contributed by atoms with E-state index in [4.69, 9.17) is 55.1 Å². The van der Waals surface area contributed by atoms with Gasteiger partial charge < -0.3 is 108 Å². The van der Waals surface area contributed by atoms with Crippen molar-refractivity contribution in [1.29, 1.82) is 0 Å². The van der Waals surface area contributed by atoms with Gasteiger partial charge in [-0.2, -0.15) is 0 Å². The number of rotatable bonds is 23. The summed E-state index contributed by atoms with van der Waals surface area (Å²) in [6.45, 7) is 4.42.